The van der Waals surface area contributed by atoms with Crippen LogP contribution in [0.1, 0.15) is 13.3 Å². The van der Waals surface area contributed by atoms with Gasteiger partial charge in [0.1, 0.15) is 6.61 Å². The highest BCUT2D eigenvalue weighted by atomic mass is 16.5. The highest BCUT2D eigenvalue weighted by molar-refractivity contribution is 5.78. The highest BCUT2D eigenvalue weighted by Crippen LogP contribution is 2.18. The van der Waals surface area contributed by atoms with E-state index in [1.165, 1.54) is 6.42 Å². The van der Waals surface area contributed by atoms with Gasteiger partial charge >= 0.3 is 0 Å². The molecule has 0 aromatic rings. The second-order valence-corrected chi connectivity index (χ2v) is 4.96. The van der Waals surface area contributed by atoms with E-state index in [2.05, 4.69) is 11.8 Å². The van der Waals surface area contributed by atoms with Crippen LogP contribution in [0.2, 0.25) is 0 Å². The van der Waals surface area contributed by atoms with Gasteiger partial charge in [-0.05, 0) is 25.4 Å². The zero-order valence-electron chi connectivity index (χ0n) is 10.5. The van der Waals surface area contributed by atoms with E-state index in [4.69, 9.17) is 9.84 Å². The summed E-state index contributed by atoms with van der Waals surface area (Å²) in [5, 5.41) is 9.06. The van der Waals surface area contributed by atoms with E-state index in [0.717, 1.165) is 26.2 Å². The van der Waals surface area contributed by atoms with Gasteiger partial charge in [0.05, 0.1) is 12.7 Å². The van der Waals surface area contributed by atoms with Crippen LogP contribution in [0.3, 0.4) is 0 Å². The Hall–Kier alpha value is -0.650. The Morgan fingerprint density at radius 2 is 2.29 bits per heavy atom. The van der Waals surface area contributed by atoms with Crippen molar-refractivity contribution in [3.63, 3.8) is 0 Å². The Morgan fingerprint density at radius 1 is 1.47 bits per heavy atom. The molecule has 17 heavy (non-hydrogen) atoms. The zero-order valence-corrected chi connectivity index (χ0v) is 10.5. The van der Waals surface area contributed by atoms with Crippen molar-refractivity contribution in [1.82, 2.24) is 9.80 Å². The van der Waals surface area contributed by atoms with E-state index in [1.807, 2.05) is 4.90 Å². The van der Waals surface area contributed by atoms with Crippen LogP contribution in [0.5, 0.6) is 0 Å². The molecule has 0 spiro atoms. The summed E-state index contributed by atoms with van der Waals surface area (Å²) >= 11 is 0. The van der Waals surface area contributed by atoms with Gasteiger partial charge in [0.25, 0.3) is 0 Å². The van der Waals surface area contributed by atoms with E-state index >= 15 is 0 Å². The fourth-order valence-electron chi connectivity index (χ4n) is 2.63. The van der Waals surface area contributed by atoms with Gasteiger partial charge in [-0.15, -0.1) is 0 Å². The van der Waals surface area contributed by atoms with Crippen molar-refractivity contribution in [2.24, 2.45) is 5.92 Å². The van der Waals surface area contributed by atoms with Crippen LogP contribution in [0.4, 0.5) is 0 Å². The summed E-state index contributed by atoms with van der Waals surface area (Å²) in [7, 11) is 0. The molecule has 0 aromatic heterocycles. The number of ether oxygens (including phenoxy) is 1. The van der Waals surface area contributed by atoms with Crippen LogP contribution in [0.15, 0.2) is 0 Å². The van der Waals surface area contributed by atoms with Crippen LogP contribution in [-0.2, 0) is 9.53 Å². The van der Waals surface area contributed by atoms with Crippen LogP contribution in [-0.4, -0.2) is 72.9 Å². The van der Waals surface area contributed by atoms with Gasteiger partial charge in [0.15, 0.2) is 0 Å². The maximum absolute atomic E-state index is 11.7. The lowest BCUT2D eigenvalue weighted by atomic mass is 10.1. The molecule has 0 aromatic carbocycles. The third-order valence-electron chi connectivity index (χ3n) is 3.72. The molecule has 2 heterocycles. The number of hydrogen-bond donors (Lipinski definition) is 1. The summed E-state index contributed by atoms with van der Waals surface area (Å²) in [6.45, 7) is 6.96. The van der Waals surface area contributed by atoms with Gasteiger partial charge in [-0.2, -0.15) is 0 Å². The van der Waals surface area contributed by atoms with E-state index in [-0.39, 0.29) is 25.2 Å². The number of likely N-dealkylation sites (tertiary alicyclic amines) is 1. The summed E-state index contributed by atoms with van der Waals surface area (Å²) in [4.78, 5) is 16.0. The van der Waals surface area contributed by atoms with E-state index in [9.17, 15) is 4.79 Å². The van der Waals surface area contributed by atoms with Crippen molar-refractivity contribution in [3.05, 3.63) is 0 Å². The Bertz CT molecular complexity index is 272. The van der Waals surface area contributed by atoms with Crippen LogP contribution in [0, 0.1) is 5.92 Å². The average molecular weight is 242 g/mol. The molecule has 2 fully saturated rings. The minimum Gasteiger partial charge on any atom is -0.394 e. The van der Waals surface area contributed by atoms with Crippen LogP contribution in [0.25, 0.3) is 0 Å². The molecule has 5 nitrogen and oxygen atoms in total. The Morgan fingerprint density at radius 3 is 2.94 bits per heavy atom. The minimum atomic E-state index is -0.198. The molecule has 0 bridgehead atoms. The molecular formula is C12H22N2O3. The molecule has 0 aliphatic carbocycles. The van der Waals surface area contributed by atoms with Crippen molar-refractivity contribution in [1.29, 1.82) is 0 Å². The van der Waals surface area contributed by atoms with E-state index in [1.54, 1.807) is 0 Å². The maximum atomic E-state index is 11.7. The lowest BCUT2D eigenvalue weighted by molar-refractivity contribution is -0.151. The second kappa shape index (κ2) is 5.80. The molecule has 1 amide bonds. The zero-order chi connectivity index (χ0) is 12.3. The number of hydrogen-bond acceptors (Lipinski definition) is 4. The van der Waals surface area contributed by atoms with Crippen molar-refractivity contribution >= 4 is 5.91 Å². The summed E-state index contributed by atoms with van der Waals surface area (Å²) in [5.41, 5.74) is 0. The molecular weight excluding hydrogens is 220 g/mol. The highest BCUT2D eigenvalue weighted by Gasteiger charge is 2.30. The van der Waals surface area contributed by atoms with Crippen molar-refractivity contribution in [3.8, 4) is 0 Å². The quantitative estimate of drug-likeness (QED) is 0.725. The predicted molar refractivity (Wildman–Crippen MR) is 63.6 cm³/mol. The number of amides is 1. The predicted octanol–water partition coefficient (Wildman–Crippen LogP) is -0.452. The Kier molecular flexibility index (Phi) is 4.36. The summed E-state index contributed by atoms with van der Waals surface area (Å²) in [5.74, 6) is 0.640. The van der Waals surface area contributed by atoms with Crippen LogP contribution >= 0.6 is 0 Å². The monoisotopic (exact) mass is 242 g/mol. The first-order valence-electron chi connectivity index (χ1n) is 6.45. The van der Waals surface area contributed by atoms with Gasteiger partial charge in [-0.25, -0.2) is 0 Å². The summed E-state index contributed by atoms with van der Waals surface area (Å²) < 4.78 is 5.22. The maximum Gasteiger partial charge on any atom is 0.248 e. The molecule has 2 aliphatic heterocycles. The van der Waals surface area contributed by atoms with E-state index < -0.39 is 0 Å². The number of aliphatic hydroxyl groups excluding tert-OH is 1. The Balaban J connectivity index is 1.83. The molecule has 2 atom stereocenters. The first-order valence-corrected chi connectivity index (χ1v) is 6.45. The largest absolute Gasteiger partial charge is 0.394 e. The fraction of sp³-hybridized carbons (Fsp3) is 0.917. The molecule has 98 valence electrons. The number of aliphatic hydroxyl groups is 1. The standard InChI is InChI=1S/C12H22N2O3/c1-2-13-4-3-10(5-13)6-14-7-11(8-15)17-9-12(14)16/h10-11,15H,2-9H2,1H3. The third kappa shape index (κ3) is 3.18. The Labute approximate surface area is 102 Å². The van der Waals surface area contributed by atoms with Gasteiger partial charge in [0, 0.05) is 19.6 Å². The lowest BCUT2D eigenvalue weighted by Crippen LogP contribution is -2.49. The molecule has 1 N–H and O–H groups in total. The van der Waals surface area contributed by atoms with Crippen LogP contribution < -0.4 is 0 Å². The van der Waals surface area contributed by atoms with E-state index in [0.29, 0.717) is 12.5 Å². The molecule has 2 aliphatic rings. The second-order valence-electron chi connectivity index (χ2n) is 4.96. The average Bonchev–Trinajstić information content (AvgIpc) is 2.80. The van der Waals surface area contributed by atoms with Crippen molar-refractivity contribution < 1.29 is 14.6 Å². The molecule has 2 rings (SSSR count). The SMILES string of the molecule is CCN1CCC(CN2CC(CO)OCC2=O)C1. The van der Waals surface area contributed by atoms with Gasteiger partial charge < -0.3 is 19.6 Å². The molecule has 5 heteroatoms. The number of rotatable bonds is 4. The number of nitrogens with zero attached hydrogens (tertiary/aromatic N) is 2. The summed E-state index contributed by atoms with van der Waals surface area (Å²) in [6, 6.07) is 0. The normalized spacial score (nSPS) is 31.2. The molecule has 0 saturated carbocycles. The first kappa shape index (κ1) is 12.8. The fourth-order valence-corrected chi connectivity index (χ4v) is 2.63. The van der Waals surface area contributed by atoms with Crippen molar-refractivity contribution in [2.75, 3.05) is 45.9 Å². The molecule has 0 radical (unpaired) electrons. The van der Waals surface area contributed by atoms with Crippen molar-refractivity contribution in [2.45, 2.75) is 19.4 Å². The molecule has 2 unspecified atom stereocenters. The summed E-state index contributed by atoms with van der Waals surface area (Å²) in [6.07, 6.45) is 0.971. The number of morpholine rings is 1. The van der Waals surface area contributed by atoms with Gasteiger partial charge in [0.2, 0.25) is 5.91 Å². The lowest BCUT2D eigenvalue weighted by Gasteiger charge is -2.33. The minimum absolute atomic E-state index is 0.00443. The molecule has 2 saturated heterocycles. The number of carbonyl (C=O) groups is 1. The van der Waals surface area contributed by atoms with Gasteiger partial charge in [-0.1, -0.05) is 6.92 Å². The van der Waals surface area contributed by atoms with Gasteiger partial charge in [-0.3, -0.25) is 4.79 Å². The smallest absolute Gasteiger partial charge is 0.248 e. The number of carbonyl (C=O) groups excluding carboxylic acids is 1. The topological polar surface area (TPSA) is 53.0 Å². The first-order chi connectivity index (χ1) is 8.22. The third-order valence-corrected chi connectivity index (χ3v) is 3.72.